The monoisotopic (exact) mass is 355 g/mol. The molecule has 1 rings (SSSR count). The van der Waals surface area contributed by atoms with Crippen molar-refractivity contribution in [3.05, 3.63) is 28.8 Å². The molecular weight excluding hydrogens is 338 g/mol. The molecule has 24 heavy (non-hydrogen) atoms. The largest absolute Gasteiger partial charge is 0.465 e. The van der Waals surface area contributed by atoms with Gasteiger partial charge in [0.2, 0.25) is 0 Å². The molecule has 0 bridgehead atoms. The van der Waals surface area contributed by atoms with E-state index in [0.29, 0.717) is 0 Å². The smallest absolute Gasteiger partial charge is 0.337 e. The van der Waals surface area contributed by atoms with Crippen LogP contribution in [0, 0.1) is 5.92 Å². The van der Waals surface area contributed by atoms with E-state index in [9.17, 15) is 14.4 Å². The van der Waals surface area contributed by atoms with Crippen LogP contribution >= 0.6 is 11.6 Å². The lowest BCUT2D eigenvalue weighted by molar-refractivity contribution is -0.157. The van der Waals surface area contributed by atoms with Crippen LogP contribution in [0.1, 0.15) is 24.2 Å². The van der Waals surface area contributed by atoms with Crippen molar-refractivity contribution in [2.24, 2.45) is 10.9 Å². The number of halogens is 1. The Morgan fingerprint density at radius 1 is 1.17 bits per heavy atom. The summed E-state index contributed by atoms with van der Waals surface area (Å²) < 4.78 is 14.3. The minimum absolute atomic E-state index is 0.112. The number of esters is 3. The molecule has 1 aromatic carbocycles. The van der Waals surface area contributed by atoms with Crippen molar-refractivity contribution in [3.63, 3.8) is 0 Å². The molecule has 0 N–H and O–H groups in total. The SMILES string of the molecule is CCOC(=O)C(C=Nc1cc(C(=O)OC)ccc1Cl)C(=O)OCC. The highest BCUT2D eigenvalue weighted by molar-refractivity contribution is 6.33. The van der Waals surface area contributed by atoms with Gasteiger partial charge in [-0.25, -0.2) is 4.79 Å². The zero-order valence-corrected chi connectivity index (χ0v) is 14.3. The number of hydrogen-bond donors (Lipinski definition) is 0. The van der Waals surface area contributed by atoms with Gasteiger partial charge in [0.25, 0.3) is 0 Å². The normalized spacial score (nSPS) is 10.7. The summed E-state index contributed by atoms with van der Waals surface area (Å²) in [4.78, 5) is 39.3. The van der Waals surface area contributed by atoms with E-state index in [4.69, 9.17) is 21.1 Å². The van der Waals surface area contributed by atoms with Gasteiger partial charge in [0, 0.05) is 6.21 Å². The molecule has 0 aliphatic heterocycles. The average Bonchev–Trinajstić information content (AvgIpc) is 2.56. The van der Waals surface area contributed by atoms with Gasteiger partial charge in [-0.05, 0) is 32.0 Å². The molecule has 0 fully saturated rings. The van der Waals surface area contributed by atoms with E-state index < -0.39 is 23.8 Å². The molecule has 0 unspecified atom stereocenters. The molecule has 0 aromatic heterocycles. The summed E-state index contributed by atoms with van der Waals surface area (Å²) in [7, 11) is 1.25. The Morgan fingerprint density at radius 2 is 1.75 bits per heavy atom. The Kier molecular flexibility index (Phi) is 7.91. The zero-order valence-electron chi connectivity index (χ0n) is 13.6. The van der Waals surface area contributed by atoms with Crippen LogP contribution in [0.3, 0.4) is 0 Å². The quantitative estimate of drug-likeness (QED) is 0.323. The maximum Gasteiger partial charge on any atom is 0.337 e. The molecule has 1 aromatic rings. The number of methoxy groups -OCH3 is 1. The van der Waals surface area contributed by atoms with E-state index in [2.05, 4.69) is 9.73 Å². The third kappa shape index (κ3) is 5.34. The van der Waals surface area contributed by atoms with Gasteiger partial charge in [-0.1, -0.05) is 11.6 Å². The molecule has 0 radical (unpaired) electrons. The molecule has 0 aliphatic carbocycles. The Morgan fingerprint density at radius 3 is 2.25 bits per heavy atom. The lowest BCUT2D eigenvalue weighted by Crippen LogP contribution is -2.29. The van der Waals surface area contributed by atoms with Crippen molar-refractivity contribution < 1.29 is 28.6 Å². The lowest BCUT2D eigenvalue weighted by atomic mass is 10.1. The molecule has 0 aliphatic rings. The average molecular weight is 356 g/mol. The fraction of sp³-hybridized carbons (Fsp3) is 0.375. The van der Waals surface area contributed by atoms with Crippen molar-refractivity contribution in [2.45, 2.75) is 13.8 Å². The van der Waals surface area contributed by atoms with E-state index in [1.807, 2.05) is 0 Å². The first-order chi connectivity index (χ1) is 11.4. The molecule has 0 saturated carbocycles. The van der Waals surface area contributed by atoms with E-state index in [0.717, 1.165) is 6.21 Å². The highest BCUT2D eigenvalue weighted by Gasteiger charge is 2.27. The van der Waals surface area contributed by atoms with Gasteiger partial charge >= 0.3 is 17.9 Å². The Bertz CT molecular complexity index is 625. The third-order valence-electron chi connectivity index (χ3n) is 2.81. The van der Waals surface area contributed by atoms with Crippen LogP contribution in [-0.2, 0) is 23.8 Å². The van der Waals surface area contributed by atoms with Gasteiger partial charge in [0.15, 0.2) is 5.92 Å². The van der Waals surface area contributed by atoms with Crippen molar-refractivity contribution in [1.29, 1.82) is 0 Å². The van der Waals surface area contributed by atoms with Gasteiger partial charge in [-0.2, -0.15) is 0 Å². The second kappa shape index (κ2) is 9.67. The van der Waals surface area contributed by atoms with E-state index in [1.165, 1.54) is 25.3 Å². The number of carbonyl (C=O) groups is 3. The van der Waals surface area contributed by atoms with Crippen LogP contribution in [0.4, 0.5) is 5.69 Å². The zero-order chi connectivity index (χ0) is 18.1. The second-order valence-corrected chi connectivity index (χ2v) is 4.82. The van der Waals surface area contributed by atoms with Crippen molar-refractivity contribution in [2.75, 3.05) is 20.3 Å². The first-order valence-corrected chi connectivity index (χ1v) is 7.57. The van der Waals surface area contributed by atoms with Crippen LogP contribution < -0.4 is 0 Å². The molecule has 0 heterocycles. The number of benzene rings is 1. The van der Waals surface area contributed by atoms with Gasteiger partial charge in [0.05, 0.1) is 36.6 Å². The standard InChI is InChI=1S/C16H18ClNO6/c1-4-23-15(20)11(16(21)24-5-2)9-18-13-8-10(14(19)22-3)6-7-12(13)17/h6-9,11H,4-5H2,1-3H3. The Balaban J connectivity index is 3.10. The predicted molar refractivity (Wildman–Crippen MR) is 87.7 cm³/mol. The summed E-state index contributed by atoms with van der Waals surface area (Å²) in [6, 6.07) is 4.32. The van der Waals surface area contributed by atoms with Crippen molar-refractivity contribution >= 4 is 41.4 Å². The summed E-state index contributed by atoms with van der Waals surface area (Å²) in [6.07, 6.45) is 1.08. The van der Waals surface area contributed by atoms with Crippen molar-refractivity contribution in [1.82, 2.24) is 0 Å². The Hall–Kier alpha value is -2.41. The Labute approximate surface area is 144 Å². The first kappa shape index (κ1) is 19.6. The fourth-order valence-electron chi connectivity index (χ4n) is 1.69. The van der Waals surface area contributed by atoms with E-state index >= 15 is 0 Å². The number of carbonyl (C=O) groups excluding carboxylic acids is 3. The lowest BCUT2D eigenvalue weighted by Gasteiger charge is -2.10. The van der Waals surface area contributed by atoms with Crippen LogP contribution in [0.15, 0.2) is 23.2 Å². The van der Waals surface area contributed by atoms with Crippen LogP contribution in [-0.4, -0.2) is 44.4 Å². The topological polar surface area (TPSA) is 91.3 Å². The molecular formula is C16H18ClNO6. The summed E-state index contributed by atoms with van der Waals surface area (Å²) in [6.45, 7) is 3.46. The maximum atomic E-state index is 11.9. The van der Waals surface area contributed by atoms with Gasteiger partial charge in [0.1, 0.15) is 0 Å². The first-order valence-electron chi connectivity index (χ1n) is 7.19. The summed E-state index contributed by atoms with van der Waals surface area (Å²) >= 11 is 6.01. The number of aliphatic imine (C=N–C) groups is 1. The third-order valence-corrected chi connectivity index (χ3v) is 3.13. The van der Waals surface area contributed by atoms with Gasteiger partial charge in [-0.3, -0.25) is 14.6 Å². The highest BCUT2D eigenvalue weighted by atomic mass is 35.5. The number of nitrogens with zero attached hydrogens (tertiary/aromatic N) is 1. The number of ether oxygens (including phenoxy) is 3. The minimum Gasteiger partial charge on any atom is -0.465 e. The van der Waals surface area contributed by atoms with Crippen molar-refractivity contribution in [3.8, 4) is 0 Å². The van der Waals surface area contributed by atoms with Crippen LogP contribution in [0.2, 0.25) is 5.02 Å². The van der Waals surface area contributed by atoms with Crippen LogP contribution in [0.25, 0.3) is 0 Å². The van der Waals surface area contributed by atoms with E-state index in [-0.39, 0.29) is 29.5 Å². The molecule has 0 spiro atoms. The molecule has 7 nitrogen and oxygen atoms in total. The molecule has 0 amide bonds. The second-order valence-electron chi connectivity index (χ2n) is 4.42. The summed E-state index contributed by atoms with van der Waals surface area (Å²) in [5.74, 6) is -3.43. The fourth-order valence-corrected chi connectivity index (χ4v) is 1.86. The molecule has 8 heteroatoms. The molecule has 0 atom stereocenters. The number of rotatable bonds is 7. The molecule has 130 valence electrons. The maximum absolute atomic E-state index is 11.9. The predicted octanol–water partition coefficient (Wildman–Crippen LogP) is 2.57. The molecule has 0 saturated heterocycles. The highest BCUT2D eigenvalue weighted by Crippen LogP contribution is 2.26. The van der Waals surface area contributed by atoms with Crippen LogP contribution in [0.5, 0.6) is 0 Å². The number of hydrogen-bond acceptors (Lipinski definition) is 7. The van der Waals surface area contributed by atoms with Gasteiger partial charge in [-0.15, -0.1) is 0 Å². The van der Waals surface area contributed by atoms with Gasteiger partial charge < -0.3 is 14.2 Å². The van der Waals surface area contributed by atoms with E-state index in [1.54, 1.807) is 13.8 Å². The summed E-state index contributed by atoms with van der Waals surface area (Å²) in [5.41, 5.74) is 0.441. The summed E-state index contributed by atoms with van der Waals surface area (Å²) in [5, 5.41) is 0.241. The minimum atomic E-state index is -1.32.